The highest BCUT2D eigenvalue weighted by atomic mass is 16.8. The summed E-state index contributed by atoms with van der Waals surface area (Å²) in [6.07, 6.45) is 7.81. The van der Waals surface area contributed by atoms with Crippen LogP contribution in [0.4, 0.5) is 0 Å². The van der Waals surface area contributed by atoms with Gasteiger partial charge in [0.1, 0.15) is 0 Å². The van der Waals surface area contributed by atoms with Gasteiger partial charge in [0, 0.05) is 19.8 Å². The smallest absolute Gasteiger partial charge is 0.304 e. The van der Waals surface area contributed by atoms with Crippen LogP contribution in [-0.4, -0.2) is 24.5 Å². The Morgan fingerprint density at radius 2 is 1.68 bits per heavy atom. The van der Waals surface area contributed by atoms with E-state index in [4.69, 9.17) is 14.2 Å². The first-order valence-electron chi connectivity index (χ1n) is 10.7. The van der Waals surface area contributed by atoms with Crippen LogP contribution in [0.2, 0.25) is 0 Å². The summed E-state index contributed by atoms with van der Waals surface area (Å²) in [5, 5.41) is 0. The van der Waals surface area contributed by atoms with E-state index in [0.717, 1.165) is 12.8 Å². The molecule has 28 heavy (non-hydrogen) atoms. The van der Waals surface area contributed by atoms with Gasteiger partial charge >= 0.3 is 11.9 Å². The van der Waals surface area contributed by atoms with Crippen LogP contribution in [0.1, 0.15) is 80.1 Å². The molecule has 5 nitrogen and oxygen atoms in total. The van der Waals surface area contributed by atoms with E-state index in [-0.39, 0.29) is 29.2 Å². The van der Waals surface area contributed by atoms with Crippen molar-refractivity contribution in [2.75, 3.05) is 0 Å². The number of hydrogen-bond acceptors (Lipinski definition) is 5. The minimum absolute atomic E-state index is 0.0379. The Hall–Kier alpha value is -1.36. The zero-order valence-corrected chi connectivity index (χ0v) is 18.2. The normalized spacial score (nSPS) is 41.4. The second kappa shape index (κ2) is 7.81. The first-order valence-corrected chi connectivity index (χ1v) is 10.7. The number of hydrogen-bond donors (Lipinski definition) is 0. The number of carbonyl (C=O) groups is 2. The summed E-state index contributed by atoms with van der Waals surface area (Å²) in [7, 11) is 0. The zero-order valence-electron chi connectivity index (χ0n) is 18.2. The first kappa shape index (κ1) is 21.4. The van der Waals surface area contributed by atoms with Crippen molar-refractivity contribution < 1.29 is 23.8 Å². The molecule has 1 heterocycles. The molecule has 2 saturated carbocycles. The van der Waals surface area contributed by atoms with Gasteiger partial charge in [-0.1, -0.05) is 38.8 Å². The van der Waals surface area contributed by atoms with Gasteiger partial charge in [0.05, 0.1) is 5.92 Å². The van der Waals surface area contributed by atoms with Gasteiger partial charge in [-0.2, -0.15) is 0 Å². The van der Waals surface area contributed by atoms with Crippen molar-refractivity contribution >= 4 is 11.9 Å². The highest BCUT2D eigenvalue weighted by molar-refractivity contribution is 5.66. The molecule has 0 aromatic heterocycles. The summed E-state index contributed by atoms with van der Waals surface area (Å²) >= 11 is 0. The third kappa shape index (κ3) is 4.14. The van der Waals surface area contributed by atoms with Crippen molar-refractivity contribution in [2.24, 2.45) is 28.6 Å². The average molecular weight is 393 g/mol. The zero-order chi connectivity index (χ0) is 20.7. The van der Waals surface area contributed by atoms with E-state index >= 15 is 0 Å². The van der Waals surface area contributed by atoms with E-state index in [2.05, 4.69) is 33.8 Å². The number of allylic oxidation sites excluding steroid dienone is 1. The van der Waals surface area contributed by atoms with Gasteiger partial charge in [0.15, 0.2) is 0 Å². The largest absolute Gasteiger partial charge is 0.435 e. The van der Waals surface area contributed by atoms with Crippen LogP contribution in [0, 0.1) is 28.6 Å². The minimum atomic E-state index is -0.680. The molecule has 5 heteroatoms. The Balaban J connectivity index is 1.90. The van der Waals surface area contributed by atoms with Gasteiger partial charge < -0.3 is 14.2 Å². The van der Waals surface area contributed by atoms with Crippen LogP contribution >= 0.6 is 0 Å². The van der Waals surface area contributed by atoms with E-state index in [1.807, 2.05) is 0 Å². The molecule has 0 radical (unpaired) electrons. The standard InChI is InChI=1S/C23H36O5/c1-7-16-18(23(6)12-8-11-22(4,5)13-23)10-9-17-19(16)21(27-15(3)25)28-20(17)26-14(2)24/h7,17-21H,8-13H2,1-6H3/b16-7+/t17-,18+,19+,20-,21+,23-/m0/s1. The van der Waals surface area contributed by atoms with Crippen LogP contribution < -0.4 is 0 Å². The van der Waals surface area contributed by atoms with Crippen molar-refractivity contribution in [2.45, 2.75) is 92.6 Å². The quantitative estimate of drug-likeness (QED) is 0.500. The lowest BCUT2D eigenvalue weighted by atomic mass is 9.53. The van der Waals surface area contributed by atoms with Gasteiger partial charge in [-0.05, 0) is 55.8 Å². The lowest BCUT2D eigenvalue weighted by Gasteiger charge is -2.51. The molecule has 2 aliphatic carbocycles. The Morgan fingerprint density at radius 3 is 2.25 bits per heavy atom. The van der Waals surface area contributed by atoms with Crippen LogP contribution in [0.5, 0.6) is 0 Å². The molecule has 0 amide bonds. The molecule has 6 atom stereocenters. The van der Waals surface area contributed by atoms with Crippen molar-refractivity contribution in [1.29, 1.82) is 0 Å². The first-order chi connectivity index (χ1) is 13.1. The molecule has 0 N–H and O–H groups in total. The molecule has 158 valence electrons. The molecule has 0 bridgehead atoms. The number of esters is 2. The molecule has 3 fully saturated rings. The predicted octanol–water partition coefficient (Wildman–Crippen LogP) is 4.99. The number of carbonyl (C=O) groups excluding carboxylic acids is 2. The summed E-state index contributed by atoms with van der Waals surface area (Å²) in [5.74, 6) is -0.294. The highest BCUT2D eigenvalue weighted by Gasteiger charge is 2.56. The molecule has 0 aromatic carbocycles. The second-order valence-corrected chi connectivity index (χ2v) is 10.0. The summed E-state index contributed by atoms with van der Waals surface area (Å²) in [6, 6.07) is 0. The fraction of sp³-hybridized carbons (Fsp3) is 0.826. The molecule has 0 aromatic rings. The van der Waals surface area contributed by atoms with Crippen LogP contribution in [0.3, 0.4) is 0 Å². The van der Waals surface area contributed by atoms with Crippen molar-refractivity contribution in [1.82, 2.24) is 0 Å². The second-order valence-electron chi connectivity index (χ2n) is 10.0. The van der Waals surface area contributed by atoms with Crippen molar-refractivity contribution in [3.05, 3.63) is 11.6 Å². The van der Waals surface area contributed by atoms with E-state index in [1.165, 1.54) is 45.1 Å². The summed E-state index contributed by atoms with van der Waals surface area (Å²) in [6.45, 7) is 12.1. The lowest BCUT2D eigenvalue weighted by Crippen LogP contribution is -2.44. The monoisotopic (exact) mass is 392 g/mol. The van der Waals surface area contributed by atoms with Crippen LogP contribution in [0.15, 0.2) is 11.6 Å². The average Bonchev–Trinajstić information content (AvgIpc) is 2.89. The molecular formula is C23H36O5. The lowest BCUT2D eigenvalue weighted by molar-refractivity contribution is -0.213. The maximum Gasteiger partial charge on any atom is 0.304 e. The van der Waals surface area contributed by atoms with Gasteiger partial charge in [0.2, 0.25) is 12.6 Å². The van der Waals surface area contributed by atoms with Gasteiger partial charge in [-0.15, -0.1) is 0 Å². The summed E-state index contributed by atoms with van der Waals surface area (Å²) in [5.41, 5.74) is 1.90. The van der Waals surface area contributed by atoms with Crippen LogP contribution in [-0.2, 0) is 23.8 Å². The van der Waals surface area contributed by atoms with E-state index in [9.17, 15) is 9.59 Å². The van der Waals surface area contributed by atoms with E-state index in [1.54, 1.807) is 0 Å². The third-order valence-corrected chi connectivity index (χ3v) is 7.17. The molecule has 1 aliphatic heterocycles. The Morgan fingerprint density at radius 1 is 1.04 bits per heavy atom. The Bertz CT molecular complexity index is 651. The van der Waals surface area contributed by atoms with E-state index < -0.39 is 12.6 Å². The van der Waals surface area contributed by atoms with Crippen molar-refractivity contribution in [3.8, 4) is 0 Å². The minimum Gasteiger partial charge on any atom is -0.435 e. The SMILES string of the molecule is C/C=C1/[C@H]2[C@H](OC(C)=O)O[C@H](OC(C)=O)[C@H]2CC[C@H]1[C@@]1(C)CCCC(C)(C)C1. The predicted molar refractivity (Wildman–Crippen MR) is 106 cm³/mol. The van der Waals surface area contributed by atoms with Gasteiger partial charge in [-0.25, -0.2) is 0 Å². The molecule has 3 rings (SSSR count). The Kier molecular flexibility index (Phi) is 5.96. The Labute approximate surface area is 169 Å². The fourth-order valence-corrected chi connectivity index (χ4v) is 6.39. The molecule has 0 spiro atoms. The topological polar surface area (TPSA) is 61.8 Å². The summed E-state index contributed by atoms with van der Waals surface area (Å²) < 4.78 is 16.9. The molecule has 1 saturated heterocycles. The van der Waals surface area contributed by atoms with Crippen molar-refractivity contribution in [3.63, 3.8) is 0 Å². The van der Waals surface area contributed by atoms with Gasteiger partial charge in [0.25, 0.3) is 0 Å². The fourth-order valence-electron chi connectivity index (χ4n) is 6.39. The highest BCUT2D eigenvalue weighted by Crippen LogP contribution is 2.59. The van der Waals surface area contributed by atoms with Crippen LogP contribution in [0.25, 0.3) is 0 Å². The maximum absolute atomic E-state index is 11.7. The molecule has 3 aliphatic rings. The number of ether oxygens (including phenoxy) is 3. The number of rotatable bonds is 3. The third-order valence-electron chi connectivity index (χ3n) is 7.17. The molecular weight excluding hydrogens is 356 g/mol. The van der Waals surface area contributed by atoms with Gasteiger partial charge in [-0.3, -0.25) is 9.59 Å². The molecule has 0 unspecified atom stereocenters. The summed E-state index contributed by atoms with van der Waals surface area (Å²) in [4.78, 5) is 23.3. The maximum atomic E-state index is 11.7. The van der Waals surface area contributed by atoms with E-state index in [0.29, 0.717) is 11.3 Å². The number of fused-ring (bicyclic) bond motifs is 1.